The van der Waals surface area contributed by atoms with Crippen molar-refractivity contribution in [2.75, 3.05) is 11.7 Å². The van der Waals surface area contributed by atoms with Crippen LogP contribution in [0, 0.1) is 0 Å². The van der Waals surface area contributed by atoms with Crippen LogP contribution < -0.4 is 10.4 Å². The van der Waals surface area contributed by atoms with Gasteiger partial charge in [0, 0.05) is 12.0 Å². The minimum absolute atomic E-state index is 0.00518. The fraction of sp³-hybridized carbons (Fsp3) is 0.529. The Morgan fingerprint density at radius 1 is 1.33 bits per heavy atom. The Labute approximate surface area is 145 Å². The second kappa shape index (κ2) is 6.99. The predicted molar refractivity (Wildman–Crippen MR) is 90.0 cm³/mol. The third-order valence-electron chi connectivity index (χ3n) is 4.70. The zero-order chi connectivity index (χ0) is 17.2. The van der Waals surface area contributed by atoms with Gasteiger partial charge in [-0.05, 0) is 25.3 Å². The van der Waals surface area contributed by atoms with Crippen LogP contribution in [0.1, 0.15) is 50.5 Å². The number of nitrogens with zero attached hydrogens (tertiary/aromatic N) is 1. The standard InChI is InChI=1S/C17H21ClN2O4/c18-13-7-4-6-12-15(13)20(24-11-5-8-14(21)22)16(23)19-17(12)9-2-1-3-10-17/h4,6-7H,1-3,5,8-11H2,(H,19,23)(H,21,22). The Balaban J connectivity index is 1.87. The number of urea groups is 1. The molecule has 1 aliphatic heterocycles. The van der Waals surface area contributed by atoms with Crippen molar-refractivity contribution in [3.8, 4) is 0 Å². The lowest BCUT2D eigenvalue weighted by atomic mass is 9.75. The van der Waals surface area contributed by atoms with Crippen LogP contribution in [-0.2, 0) is 15.2 Å². The van der Waals surface area contributed by atoms with Crippen molar-refractivity contribution in [2.45, 2.75) is 50.5 Å². The fourth-order valence-corrected chi connectivity index (χ4v) is 3.84. The summed E-state index contributed by atoms with van der Waals surface area (Å²) >= 11 is 6.37. The number of para-hydroxylation sites is 1. The maximum Gasteiger partial charge on any atom is 0.346 e. The molecule has 2 aliphatic rings. The number of amides is 2. The summed E-state index contributed by atoms with van der Waals surface area (Å²) in [6.45, 7) is 0.136. The lowest BCUT2D eigenvalue weighted by molar-refractivity contribution is -0.137. The van der Waals surface area contributed by atoms with E-state index in [1.807, 2.05) is 12.1 Å². The molecule has 2 amide bonds. The Kier molecular flexibility index (Phi) is 4.96. The van der Waals surface area contributed by atoms with Crippen molar-refractivity contribution in [3.63, 3.8) is 0 Å². The summed E-state index contributed by atoms with van der Waals surface area (Å²) < 4.78 is 0. The molecular weight excluding hydrogens is 332 g/mol. The van der Waals surface area contributed by atoms with E-state index in [1.165, 1.54) is 11.5 Å². The molecule has 1 heterocycles. The molecule has 6 nitrogen and oxygen atoms in total. The van der Waals surface area contributed by atoms with Crippen LogP contribution in [0.2, 0.25) is 5.02 Å². The number of carboxylic acid groups (broad SMARTS) is 1. The number of hydroxylamine groups is 1. The molecule has 0 bridgehead atoms. The van der Waals surface area contributed by atoms with E-state index >= 15 is 0 Å². The molecule has 1 aliphatic carbocycles. The van der Waals surface area contributed by atoms with Gasteiger partial charge in [0.15, 0.2) is 0 Å². The number of carboxylic acids is 1. The molecule has 1 fully saturated rings. The van der Waals surface area contributed by atoms with Crippen molar-refractivity contribution < 1.29 is 19.5 Å². The van der Waals surface area contributed by atoms with Crippen molar-refractivity contribution in [1.82, 2.24) is 5.32 Å². The molecule has 2 N–H and O–H groups in total. The molecule has 0 unspecified atom stereocenters. The second-order valence-corrected chi connectivity index (χ2v) is 6.74. The number of anilines is 1. The van der Waals surface area contributed by atoms with E-state index < -0.39 is 5.97 Å². The van der Waals surface area contributed by atoms with Gasteiger partial charge in [-0.2, -0.15) is 5.06 Å². The van der Waals surface area contributed by atoms with E-state index in [-0.39, 0.29) is 24.6 Å². The van der Waals surface area contributed by atoms with Crippen LogP contribution in [0.3, 0.4) is 0 Å². The first kappa shape index (κ1) is 17.0. The number of benzene rings is 1. The molecule has 1 aromatic carbocycles. The lowest BCUT2D eigenvalue weighted by Gasteiger charge is -2.45. The fourth-order valence-electron chi connectivity index (χ4n) is 3.58. The van der Waals surface area contributed by atoms with Gasteiger partial charge in [0.2, 0.25) is 0 Å². The molecule has 0 aromatic heterocycles. The second-order valence-electron chi connectivity index (χ2n) is 6.33. The first-order valence-corrected chi connectivity index (χ1v) is 8.67. The van der Waals surface area contributed by atoms with Crippen LogP contribution in [0.25, 0.3) is 0 Å². The number of hydrogen-bond donors (Lipinski definition) is 2. The maximum atomic E-state index is 12.6. The van der Waals surface area contributed by atoms with Crippen molar-refractivity contribution in [3.05, 3.63) is 28.8 Å². The number of nitrogens with one attached hydrogen (secondary N) is 1. The van der Waals surface area contributed by atoms with Crippen LogP contribution >= 0.6 is 11.6 Å². The smallest absolute Gasteiger partial charge is 0.346 e. The third kappa shape index (κ3) is 3.21. The molecule has 24 heavy (non-hydrogen) atoms. The summed E-state index contributed by atoms with van der Waals surface area (Å²) in [4.78, 5) is 28.8. The van der Waals surface area contributed by atoms with Gasteiger partial charge in [-0.1, -0.05) is 43.0 Å². The Hall–Kier alpha value is -1.79. The monoisotopic (exact) mass is 352 g/mol. The number of carbonyl (C=O) groups excluding carboxylic acids is 1. The van der Waals surface area contributed by atoms with E-state index in [1.54, 1.807) is 6.07 Å². The molecule has 130 valence electrons. The maximum absolute atomic E-state index is 12.6. The number of fused-ring (bicyclic) bond motifs is 2. The molecule has 7 heteroatoms. The molecule has 3 rings (SSSR count). The highest BCUT2D eigenvalue weighted by atomic mass is 35.5. The first-order chi connectivity index (χ1) is 11.5. The first-order valence-electron chi connectivity index (χ1n) is 8.29. The number of aliphatic carboxylic acids is 1. The number of carbonyl (C=O) groups is 2. The average Bonchev–Trinajstić information content (AvgIpc) is 2.55. The number of rotatable bonds is 5. The largest absolute Gasteiger partial charge is 0.481 e. The summed E-state index contributed by atoms with van der Waals surface area (Å²) in [5.74, 6) is -0.888. The predicted octanol–water partition coefficient (Wildman–Crippen LogP) is 3.83. The minimum Gasteiger partial charge on any atom is -0.481 e. The topological polar surface area (TPSA) is 78.9 Å². The highest BCUT2D eigenvalue weighted by Gasteiger charge is 2.44. The van der Waals surface area contributed by atoms with Gasteiger partial charge in [-0.15, -0.1) is 0 Å². The third-order valence-corrected chi connectivity index (χ3v) is 5.00. The molecular formula is C17H21ClN2O4. The summed E-state index contributed by atoms with van der Waals surface area (Å²) in [7, 11) is 0. The van der Waals surface area contributed by atoms with Gasteiger partial charge < -0.3 is 10.4 Å². The highest BCUT2D eigenvalue weighted by molar-refractivity contribution is 6.34. The lowest BCUT2D eigenvalue weighted by Crippen LogP contribution is -2.57. The quantitative estimate of drug-likeness (QED) is 0.789. The summed E-state index contributed by atoms with van der Waals surface area (Å²) in [5.41, 5.74) is 1.18. The number of hydrogen-bond acceptors (Lipinski definition) is 3. The zero-order valence-electron chi connectivity index (χ0n) is 13.4. The normalized spacial score (nSPS) is 19.0. The van der Waals surface area contributed by atoms with E-state index in [4.69, 9.17) is 21.5 Å². The van der Waals surface area contributed by atoms with Crippen LogP contribution in [0.5, 0.6) is 0 Å². The van der Waals surface area contributed by atoms with E-state index in [2.05, 4.69) is 5.32 Å². The van der Waals surface area contributed by atoms with Gasteiger partial charge in [0.25, 0.3) is 0 Å². The summed E-state index contributed by atoms with van der Waals surface area (Å²) in [6, 6.07) is 5.27. The van der Waals surface area contributed by atoms with Gasteiger partial charge in [-0.3, -0.25) is 9.63 Å². The highest BCUT2D eigenvalue weighted by Crippen LogP contribution is 2.46. The van der Waals surface area contributed by atoms with Crippen molar-refractivity contribution >= 4 is 29.3 Å². The van der Waals surface area contributed by atoms with E-state index in [0.717, 1.165) is 31.2 Å². The molecule has 1 saturated carbocycles. The van der Waals surface area contributed by atoms with Crippen LogP contribution in [0.4, 0.5) is 10.5 Å². The van der Waals surface area contributed by atoms with Gasteiger partial charge in [0.1, 0.15) is 0 Å². The molecule has 0 atom stereocenters. The average molecular weight is 353 g/mol. The minimum atomic E-state index is -0.888. The summed E-state index contributed by atoms with van der Waals surface area (Å²) in [5, 5.41) is 13.4. The van der Waals surface area contributed by atoms with Gasteiger partial charge in [-0.25, -0.2) is 4.79 Å². The van der Waals surface area contributed by atoms with Crippen LogP contribution in [0.15, 0.2) is 18.2 Å². The van der Waals surface area contributed by atoms with Crippen molar-refractivity contribution in [1.29, 1.82) is 0 Å². The summed E-state index contributed by atoms with van der Waals surface area (Å²) in [6.07, 6.45) is 5.39. The Bertz CT molecular complexity index is 643. The van der Waals surface area contributed by atoms with Gasteiger partial charge >= 0.3 is 12.0 Å². The van der Waals surface area contributed by atoms with Crippen molar-refractivity contribution in [2.24, 2.45) is 0 Å². The SMILES string of the molecule is O=C(O)CCCON1C(=O)NC2(CCCCC2)c2cccc(Cl)c21. The van der Waals surface area contributed by atoms with Crippen LogP contribution in [-0.4, -0.2) is 23.7 Å². The van der Waals surface area contributed by atoms with E-state index in [9.17, 15) is 9.59 Å². The molecule has 0 saturated heterocycles. The van der Waals surface area contributed by atoms with E-state index in [0.29, 0.717) is 17.1 Å². The Morgan fingerprint density at radius 2 is 2.08 bits per heavy atom. The zero-order valence-corrected chi connectivity index (χ0v) is 14.1. The van der Waals surface area contributed by atoms with Gasteiger partial charge in [0.05, 0.1) is 22.9 Å². The molecule has 1 aromatic rings. The Morgan fingerprint density at radius 3 is 2.79 bits per heavy atom. The molecule has 1 spiro atoms. The number of halogens is 1. The molecule has 0 radical (unpaired) electrons.